The lowest BCUT2D eigenvalue weighted by molar-refractivity contribution is -0.138. The van der Waals surface area contributed by atoms with E-state index in [1.54, 1.807) is 22.7 Å². The van der Waals surface area contributed by atoms with Gasteiger partial charge in [-0.25, -0.2) is 9.97 Å². The highest BCUT2D eigenvalue weighted by Gasteiger charge is 2.33. The van der Waals surface area contributed by atoms with Gasteiger partial charge in [0.2, 0.25) is 0 Å². The Balaban J connectivity index is 1.18. The molecule has 0 unspecified atom stereocenters. The van der Waals surface area contributed by atoms with Crippen molar-refractivity contribution >= 4 is 55.5 Å². The number of hydrogen-bond acceptors (Lipinski definition) is 4. The van der Waals surface area contributed by atoms with Crippen LogP contribution in [0.5, 0.6) is 0 Å². The molecule has 72 heavy (non-hydrogen) atoms. The zero-order valence-corrected chi connectivity index (χ0v) is 43.1. The number of fused-ring (bicyclic) bond motifs is 4. The largest absolute Gasteiger partial charge is 0.416 e. The van der Waals surface area contributed by atoms with Crippen LogP contribution in [0.1, 0.15) is 131 Å². The lowest BCUT2D eigenvalue weighted by Gasteiger charge is -2.22. The molecule has 0 saturated carbocycles. The number of aryl methyl sites for hydroxylation is 2. The molecule has 4 aromatic heterocycles. The third kappa shape index (κ3) is 11.2. The van der Waals surface area contributed by atoms with E-state index in [9.17, 15) is 26.3 Å². The third-order valence-electron chi connectivity index (χ3n) is 14.0. The first-order chi connectivity index (χ1) is 34.7. The molecule has 0 amide bonds. The highest BCUT2D eigenvalue weighted by atomic mass is 32.1. The van der Waals surface area contributed by atoms with E-state index >= 15 is 0 Å². The van der Waals surface area contributed by atoms with Crippen LogP contribution >= 0.6 is 22.7 Å². The van der Waals surface area contributed by atoms with E-state index in [0.717, 1.165) is 73.3 Å². The third-order valence-corrected chi connectivity index (χ3v) is 16.2. The first-order valence-corrected chi connectivity index (χ1v) is 27.3. The molecule has 9 aromatic rings. The van der Waals surface area contributed by atoms with Crippen molar-refractivity contribution < 1.29 is 26.3 Å². The van der Waals surface area contributed by atoms with E-state index < -0.39 is 23.5 Å². The number of benzene rings is 5. The summed E-state index contributed by atoms with van der Waals surface area (Å²) in [5.74, 6) is 0. The maximum Gasteiger partial charge on any atom is 0.416 e. The summed E-state index contributed by atoms with van der Waals surface area (Å²) >= 11 is 3.16. The molecule has 0 aliphatic rings. The first kappa shape index (κ1) is 51.1. The molecule has 11 heteroatoms. The molecule has 0 aliphatic carbocycles. The molecule has 3 nitrogen and oxygen atoms in total. The molecule has 4 heterocycles. The van der Waals surface area contributed by atoms with E-state index in [-0.39, 0.29) is 22.5 Å². The van der Waals surface area contributed by atoms with Crippen LogP contribution in [-0.4, -0.2) is 14.5 Å². The molecule has 9 rings (SSSR count). The number of rotatable bonds is 20. The minimum absolute atomic E-state index is 0.0513. The van der Waals surface area contributed by atoms with Crippen molar-refractivity contribution in [1.82, 2.24) is 14.5 Å². The number of alkyl halides is 6. The van der Waals surface area contributed by atoms with Gasteiger partial charge in [0.05, 0.1) is 39.1 Å². The Morgan fingerprint density at radius 2 is 0.958 bits per heavy atom. The minimum atomic E-state index is -4.67. The maximum atomic E-state index is 14.3. The highest BCUT2D eigenvalue weighted by molar-refractivity contribution is 7.19. The van der Waals surface area contributed by atoms with E-state index in [4.69, 9.17) is 9.97 Å². The van der Waals surface area contributed by atoms with Crippen LogP contribution in [0, 0.1) is 13.8 Å². The molecule has 0 atom stereocenters. The Bertz CT molecular complexity index is 3300. The Labute approximate surface area is 427 Å². The average Bonchev–Trinajstić information content (AvgIpc) is 4.12. The van der Waals surface area contributed by atoms with E-state index in [2.05, 4.69) is 73.9 Å². The smallest absolute Gasteiger partial charge is 0.337 e. The summed E-state index contributed by atoms with van der Waals surface area (Å²) < 4.78 is 88.1. The molecule has 0 aliphatic heterocycles. The van der Waals surface area contributed by atoms with Crippen LogP contribution in [-0.2, 0) is 12.4 Å². The van der Waals surface area contributed by atoms with Crippen LogP contribution in [0.2, 0.25) is 0 Å². The highest BCUT2D eigenvalue weighted by Crippen LogP contribution is 2.46. The van der Waals surface area contributed by atoms with Gasteiger partial charge in [0.25, 0.3) is 0 Å². The summed E-state index contributed by atoms with van der Waals surface area (Å²) in [4.78, 5) is 14.2. The number of unbranched alkanes of at least 4 members (excludes halogenated alkanes) is 10. The Kier molecular flexibility index (Phi) is 15.7. The van der Waals surface area contributed by atoms with Crippen LogP contribution in [0.25, 0.3) is 86.7 Å². The zero-order chi connectivity index (χ0) is 50.6. The summed E-state index contributed by atoms with van der Waals surface area (Å²) in [6.07, 6.45) is 7.99. The summed E-state index contributed by atoms with van der Waals surface area (Å²) in [6, 6.07) is 35.6. The summed E-state index contributed by atoms with van der Waals surface area (Å²) in [5.41, 5.74) is 5.64. The lowest BCUT2D eigenvalue weighted by atomic mass is 9.98. The van der Waals surface area contributed by atoms with Crippen molar-refractivity contribution in [3.63, 3.8) is 0 Å². The summed E-state index contributed by atoms with van der Waals surface area (Å²) in [5, 5.41) is 2.50. The van der Waals surface area contributed by atoms with Gasteiger partial charge in [-0.1, -0.05) is 152 Å². The van der Waals surface area contributed by atoms with Gasteiger partial charge in [-0.05, 0) is 98.5 Å². The normalized spacial score (nSPS) is 12.4. The van der Waals surface area contributed by atoms with Crippen LogP contribution < -0.4 is 0 Å². The van der Waals surface area contributed by atoms with Gasteiger partial charge in [-0.2, -0.15) is 26.3 Å². The SMILES string of the molecule is CCCCCCCCC(CCCCCCCC)n1c2cc(C)ccc2c2ccc(-c3ccc(-c4ccc(-c5ccc(C)s5)c5nc(-c6cccc(C(F)(F)F)c6)c(-c6cccc(C(F)(F)F)c6)nc45)s3)cc21. The molecule has 0 saturated heterocycles. The van der Waals surface area contributed by atoms with Gasteiger partial charge in [-0.15, -0.1) is 22.7 Å². The van der Waals surface area contributed by atoms with Gasteiger partial charge in [-0.3, -0.25) is 0 Å². The van der Waals surface area contributed by atoms with Gasteiger partial charge in [0.1, 0.15) is 0 Å². The van der Waals surface area contributed by atoms with Crippen LogP contribution in [0.4, 0.5) is 26.3 Å². The number of thiophene rings is 2. The van der Waals surface area contributed by atoms with Crippen molar-refractivity contribution in [3.05, 3.63) is 143 Å². The molecule has 374 valence electrons. The monoisotopic (exact) mass is 1010 g/mol. The van der Waals surface area contributed by atoms with E-state index in [1.807, 2.05) is 31.2 Å². The molecule has 0 N–H and O–H groups in total. The van der Waals surface area contributed by atoms with Crippen LogP contribution in [0.3, 0.4) is 0 Å². The second kappa shape index (κ2) is 22.1. The molecule has 0 radical (unpaired) electrons. The van der Waals surface area contributed by atoms with Crippen molar-refractivity contribution in [3.8, 4) is 53.8 Å². The molecule has 0 bridgehead atoms. The second-order valence-corrected chi connectivity index (χ2v) is 21.8. The zero-order valence-electron chi connectivity index (χ0n) is 41.4. The van der Waals surface area contributed by atoms with Crippen LogP contribution in [0.15, 0.2) is 121 Å². The fourth-order valence-electron chi connectivity index (χ4n) is 10.3. The van der Waals surface area contributed by atoms with Crippen molar-refractivity contribution in [2.75, 3.05) is 0 Å². The molecular formula is C61H61F6N3S2. The minimum Gasteiger partial charge on any atom is -0.337 e. The standard InChI is InChI=1S/C61H61F6N3S2/c1-5-7-9-11-13-15-23-46(24-16-14-12-10-8-6-2)70-51-35-39(3)25-28-47(51)48-29-27-41(38-52(48)70)53-33-34-55(72-53)50-31-30-49(54-32-26-40(4)71-54)58-59(50)69-57(43-20-18-22-45(37-43)61(65,66)67)56(68-58)42-19-17-21-44(36-42)60(62,63)64/h17-22,25-38,46H,5-16,23-24H2,1-4H3. The van der Waals surface area contributed by atoms with Gasteiger partial charge >= 0.3 is 12.4 Å². The fraction of sp³-hybridized carbons (Fsp3) is 0.344. The number of hydrogen-bond donors (Lipinski definition) is 0. The predicted molar refractivity (Wildman–Crippen MR) is 290 cm³/mol. The summed E-state index contributed by atoms with van der Waals surface area (Å²) in [7, 11) is 0. The summed E-state index contributed by atoms with van der Waals surface area (Å²) in [6.45, 7) is 8.69. The van der Waals surface area contributed by atoms with E-state index in [0.29, 0.717) is 17.1 Å². The Morgan fingerprint density at radius 3 is 1.49 bits per heavy atom. The quantitative estimate of drug-likeness (QED) is 0.0563. The molecular weight excluding hydrogens is 953 g/mol. The second-order valence-electron chi connectivity index (χ2n) is 19.4. The van der Waals surface area contributed by atoms with Crippen molar-refractivity contribution in [2.24, 2.45) is 0 Å². The topological polar surface area (TPSA) is 30.7 Å². The predicted octanol–water partition coefficient (Wildman–Crippen LogP) is 20.9. The average molecular weight is 1010 g/mol. The Morgan fingerprint density at radius 1 is 0.472 bits per heavy atom. The molecule has 5 aromatic carbocycles. The number of aromatic nitrogens is 3. The van der Waals surface area contributed by atoms with Gasteiger partial charge in [0, 0.05) is 64.1 Å². The molecule has 0 spiro atoms. The van der Waals surface area contributed by atoms with Crippen molar-refractivity contribution in [2.45, 2.75) is 136 Å². The van der Waals surface area contributed by atoms with Gasteiger partial charge < -0.3 is 4.57 Å². The Hall–Kier alpha value is -5.78. The maximum absolute atomic E-state index is 14.3. The van der Waals surface area contributed by atoms with Gasteiger partial charge in [0.15, 0.2) is 0 Å². The lowest BCUT2D eigenvalue weighted by Crippen LogP contribution is -2.09. The fourth-order valence-corrected chi connectivity index (χ4v) is 12.2. The van der Waals surface area contributed by atoms with E-state index in [1.165, 1.54) is 129 Å². The van der Waals surface area contributed by atoms with Crippen molar-refractivity contribution in [1.29, 1.82) is 0 Å². The molecule has 0 fully saturated rings. The number of halogens is 6. The first-order valence-electron chi connectivity index (χ1n) is 25.6. The number of nitrogens with zero attached hydrogens (tertiary/aromatic N) is 3.